The van der Waals surface area contributed by atoms with Crippen LogP contribution in [-0.4, -0.2) is 22.8 Å². The summed E-state index contributed by atoms with van der Waals surface area (Å²) >= 11 is 6.42. The van der Waals surface area contributed by atoms with E-state index in [-0.39, 0.29) is 6.04 Å². The lowest BCUT2D eigenvalue weighted by molar-refractivity contribution is 0.100. The van der Waals surface area contributed by atoms with Crippen molar-refractivity contribution in [3.05, 3.63) is 51.4 Å². The van der Waals surface area contributed by atoms with Crippen molar-refractivity contribution in [2.75, 3.05) is 0 Å². The van der Waals surface area contributed by atoms with Crippen LogP contribution in [0.25, 0.3) is 5.57 Å². The zero-order valence-electron chi connectivity index (χ0n) is 13.2. The quantitative estimate of drug-likeness (QED) is 0.663. The van der Waals surface area contributed by atoms with E-state index < -0.39 is 5.91 Å². The van der Waals surface area contributed by atoms with Gasteiger partial charge < -0.3 is 11.1 Å². The summed E-state index contributed by atoms with van der Waals surface area (Å²) in [6.07, 6.45) is 2.97. The van der Waals surface area contributed by atoms with Crippen LogP contribution in [0.3, 0.4) is 0 Å². The lowest BCUT2D eigenvalue weighted by atomic mass is 9.98. The lowest BCUT2D eigenvalue weighted by Crippen LogP contribution is -2.46. The molecule has 1 atom stereocenters. The molecule has 2 heterocycles. The topological polar surface area (TPSA) is 94.2 Å². The van der Waals surface area contributed by atoms with Crippen LogP contribution >= 0.6 is 11.6 Å². The summed E-state index contributed by atoms with van der Waals surface area (Å²) in [6, 6.07) is 5.08. The second kappa shape index (κ2) is 5.36. The number of amides is 1. The number of amidine groups is 1. The van der Waals surface area contributed by atoms with Crippen LogP contribution < -0.4 is 16.5 Å². The van der Waals surface area contributed by atoms with Crippen LogP contribution in [-0.2, 0) is 0 Å². The largest absolute Gasteiger partial charge is 0.366 e. The van der Waals surface area contributed by atoms with E-state index in [4.69, 9.17) is 22.7 Å². The highest BCUT2D eigenvalue weighted by Gasteiger charge is 2.39. The number of benzene rings is 1. The second-order valence-electron chi connectivity index (χ2n) is 6.29. The summed E-state index contributed by atoms with van der Waals surface area (Å²) in [5.41, 5.74) is 13.1. The normalized spacial score (nSPS) is 22.7. The minimum absolute atomic E-state index is 0.00944. The Kier molecular flexibility index (Phi) is 3.40. The maximum atomic E-state index is 11.3. The van der Waals surface area contributed by atoms with Gasteiger partial charge in [0.25, 0.3) is 0 Å². The van der Waals surface area contributed by atoms with Crippen LogP contribution in [0.5, 0.6) is 0 Å². The molecule has 0 aromatic heterocycles. The van der Waals surface area contributed by atoms with Crippen molar-refractivity contribution in [2.45, 2.75) is 32.2 Å². The van der Waals surface area contributed by atoms with E-state index >= 15 is 0 Å². The minimum Gasteiger partial charge on any atom is -0.366 e. The van der Waals surface area contributed by atoms with Crippen molar-refractivity contribution in [2.24, 2.45) is 5.73 Å². The first-order chi connectivity index (χ1) is 11.5. The van der Waals surface area contributed by atoms with Gasteiger partial charge in [0.2, 0.25) is 5.91 Å². The Morgan fingerprint density at radius 2 is 2.21 bits per heavy atom. The van der Waals surface area contributed by atoms with Gasteiger partial charge in [0.1, 0.15) is 11.7 Å². The third kappa shape index (κ3) is 2.14. The highest BCUT2D eigenvalue weighted by molar-refractivity contribution is 6.33. The first kappa shape index (κ1) is 15.2. The number of carbonyl (C=O) groups is 1. The number of nitrogens with zero attached hydrogens (tertiary/aromatic N) is 1. The van der Waals surface area contributed by atoms with Crippen molar-refractivity contribution in [1.29, 1.82) is 5.41 Å². The van der Waals surface area contributed by atoms with Gasteiger partial charge in [-0.25, -0.2) is 10.4 Å². The molecule has 24 heavy (non-hydrogen) atoms. The van der Waals surface area contributed by atoms with Crippen molar-refractivity contribution >= 4 is 28.9 Å². The van der Waals surface area contributed by atoms with Crippen LogP contribution in [0.1, 0.15) is 42.1 Å². The van der Waals surface area contributed by atoms with E-state index in [2.05, 4.69) is 10.7 Å². The molecular weight excluding hydrogens is 326 g/mol. The zero-order chi connectivity index (χ0) is 17.0. The summed E-state index contributed by atoms with van der Waals surface area (Å²) in [5, 5.41) is 14.2. The highest BCUT2D eigenvalue weighted by Crippen LogP contribution is 2.39. The number of rotatable bonds is 2. The van der Waals surface area contributed by atoms with E-state index in [0.717, 1.165) is 47.5 Å². The molecular formula is C17H18ClN5O. The SMILES string of the molecule is CC1NN2C(=N)C3=C(CCC3)NC2=C1c1ccc(C(N)=O)cc1Cl. The molecule has 0 radical (unpaired) electrons. The predicted octanol–water partition coefficient (Wildman–Crippen LogP) is 2.33. The van der Waals surface area contributed by atoms with Crippen molar-refractivity contribution < 1.29 is 4.79 Å². The van der Waals surface area contributed by atoms with Crippen molar-refractivity contribution in [3.63, 3.8) is 0 Å². The van der Waals surface area contributed by atoms with Gasteiger partial charge in [-0.1, -0.05) is 17.7 Å². The van der Waals surface area contributed by atoms with Crippen LogP contribution in [0.2, 0.25) is 5.02 Å². The molecule has 1 aromatic carbocycles. The molecule has 5 N–H and O–H groups in total. The van der Waals surface area contributed by atoms with Crippen LogP contribution in [0, 0.1) is 5.41 Å². The standard InChI is InChI=1S/C17H18ClN5O/c1-8-14(10-6-5-9(16(20)24)7-12(10)18)17-21-13-4-2-3-11(13)15(19)23(17)22-8/h5-8,19,21-22H,2-4H2,1H3,(H2,20,24). The number of fused-ring (bicyclic) bond motifs is 1. The van der Waals surface area contributed by atoms with E-state index in [1.165, 1.54) is 0 Å². The molecule has 0 saturated carbocycles. The monoisotopic (exact) mass is 343 g/mol. The number of nitrogens with two attached hydrogens (primary N) is 1. The van der Waals surface area contributed by atoms with Gasteiger partial charge in [0, 0.05) is 33.0 Å². The fraction of sp³-hybridized carbons (Fsp3) is 0.294. The number of primary amides is 1. The maximum Gasteiger partial charge on any atom is 0.248 e. The van der Waals surface area contributed by atoms with E-state index in [1.807, 2.05) is 13.0 Å². The Bertz CT molecular complexity index is 841. The fourth-order valence-corrected chi connectivity index (χ4v) is 3.90. The maximum absolute atomic E-state index is 11.3. The molecule has 0 spiro atoms. The van der Waals surface area contributed by atoms with E-state index in [0.29, 0.717) is 16.4 Å². The average molecular weight is 344 g/mol. The summed E-state index contributed by atoms with van der Waals surface area (Å²) in [5.74, 6) is 0.850. The van der Waals surface area contributed by atoms with Gasteiger partial charge in [-0.2, -0.15) is 0 Å². The Balaban J connectivity index is 1.82. The molecule has 4 rings (SSSR count). The second-order valence-corrected chi connectivity index (χ2v) is 6.70. The Morgan fingerprint density at radius 3 is 2.92 bits per heavy atom. The third-order valence-corrected chi connectivity index (χ3v) is 5.09. The molecule has 0 bridgehead atoms. The molecule has 1 amide bonds. The number of carbonyl (C=O) groups excluding carboxylic acids is 1. The molecule has 1 aliphatic carbocycles. The summed E-state index contributed by atoms with van der Waals surface area (Å²) in [4.78, 5) is 11.3. The highest BCUT2D eigenvalue weighted by atomic mass is 35.5. The molecule has 7 heteroatoms. The first-order valence-electron chi connectivity index (χ1n) is 7.95. The number of allylic oxidation sites excluding steroid dienone is 1. The van der Waals surface area contributed by atoms with E-state index in [9.17, 15) is 4.79 Å². The molecule has 3 aliphatic rings. The third-order valence-electron chi connectivity index (χ3n) is 4.77. The molecule has 1 aromatic rings. The summed E-state index contributed by atoms with van der Waals surface area (Å²) in [7, 11) is 0. The van der Waals surface area contributed by atoms with Gasteiger partial charge in [-0.15, -0.1) is 0 Å². The van der Waals surface area contributed by atoms with Crippen molar-refractivity contribution in [3.8, 4) is 0 Å². The average Bonchev–Trinajstić information content (AvgIpc) is 3.12. The van der Waals surface area contributed by atoms with Gasteiger partial charge in [0.15, 0.2) is 0 Å². The lowest BCUT2D eigenvalue weighted by Gasteiger charge is -2.30. The van der Waals surface area contributed by atoms with Gasteiger partial charge in [-0.05, 0) is 38.3 Å². The molecule has 0 fully saturated rings. The number of hydrazine groups is 1. The number of hydrogen-bond acceptors (Lipinski definition) is 4. The summed E-state index contributed by atoms with van der Waals surface area (Å²) in [6.45, 7) is 2.03. The zero-order valence-corrected chi connectivity index (χ0v) is 14.0. The van der Waals surface area contributed by atoms with Gasteiger partial charge in [-0.3, -0.25) is 10.2 Å². The number of halogens is 1. The Labute approximate surface area is 144 Å². The van der Waals surface area contributed by atoms with Gasteiger partial charge >= 0.3 is 0 Å². The smallest absolute Gasteiger partial charge is 0.248 e. The number of hydrogen-bond donors (Lipinski definition) is 4. The fourth-order valence-electron chi connectivity index (χ4n) is 3.62. The molecule has 2 aliphatic heterocycles. The minimum atomic E-state index is -0.501. The van der Waals surface area contributed by atoms with Crippen molar-refractivity contribution in [1.82, 2.24) is 15.8 Å². The van der Waals surface area contributed by atoms with Gasteiger partial charge in [0.05, 0.1) is 6.04 Å². The number of nitrogens with one attached hydrogen (secondary N) is 3. The molecule has 0 saturated heterocycles. The first-order valence-corrected chi connectivity index (χ1v) is 8.33. The summed E-state index contributed by atoms with van der Waals surface area (Å²) < 4.78 is 0. The Hall–Kier alpha value is -2.31. The van der Waals surface area contributed by atoms with Crippen LogP contribution in [0.15, 0.2) is 35.3 Å². The predicted molar refractivity (Wildman–Crippen MR) is 93.1 cm³/mol. The van der Waals surface area contributed by atoms with E-state index in [1.54, 1.807) is 17.1 Å². The van der Waals surface area contributed by atoms with Crippen LogP contribution in [0.4, 0.5) is 0 Å². The molecule has 6 nitrogen and oxygen atoms in total. The molecule has 1 unspecified atom stereocenters. The molecule has 124 valence electrons. The Morgan fingerprint density at radius 1 is 1.42 bits per heavy atom.